The zero-order valence-corrected chi connectivity index (χ0v) is 29.2. The van der Waals surface area contributed by atoms with E-state index in [0.29, 0.717) is 27.5 Å². The molecule has 2 nitrogen and oxygen atoms in total. The lowest BCUT2D eigenvalue weighted by Gasteiger charge is -2.26. The fraction of sp³-hybridized carbons (Fsp3) is 0. The Hall–Kier alpha value is -7.42. The summed E-state index contributed by atoms with van der Waals surface area (Å²) < 4.78 is 161. The van der Waals surface area contributed by atoms with Crippen molar-refractivity contribution in [3.63, 3.8) is 0 Å². The molecule has 0 radical (unpaired) electrons. The van der Waals surface area contributed by atoms with E-state index in [1.54, 1.807) is 36.4 Å². The van der Waals surface area contributed by atoms with Gasteiger partial charge in [-0.05, 0) is 109 Å². The number of benzene rings is 10. The number of rotatable bonds is 6. The summed E-state index contributed by atoms with van der Waals surface area (Å²) in [4.78, 5) is 1.14. The molecule has 10 aromatic carbocycles. The third-order valence-electron chi connectivity index (χ3n) is 9.94. The number of nitrogens with zero attached hydrogens (tertiary/aromatic N) is 1. The highest BCUT2D eigenvalue weighted by Gasteiger charge is 2.20. The van der Waals surface area contributed by atoms with Crippen molar-refractivity contribution in [1.29, 1.82) is 0 Å². The topological polar surface area (TPSA) is 16.4 Å². The van der Waals surface area contributed by atoms with Gasteiger partial charge in [-0.1, -0.05) is 163 Å². The molecule has 0 fully saturated rings. The minimum atomic E-state index is -0.882. The fourth-order valence-electron chi connectivity index (χ4n) is 7.28. The molecule has 0 saturated carbocycles. The van der Waals surface area contributed by atoms with Crippen LogP contribution in [0.4, 0.5) is 17.1 Å². The van der Waals surface area contributed by atoms with Gasteiger partial charge in [-0.15, -0.1) is 0 Å². The van der Waals surface area contributed by atoms with E-state index >= 15 is 0 Å². The monoisotopic (exact) mass is 730 g/mol. The smallest absolute Gasteiger partial charge is 0.143 e. The molecule has 11 rings (SSSR count). The van der Waals surface area contributed by atoms with E-state index in [9.17, 15) is 11.0 Å². The molecule has 0 saturated heterocycles. The molecular weight excluding hydrogens is 679 g/mol. The standard InChI is InChI=1S/C54H35NO/c1-2-9-36(10-3-1)37-17-19-38(20-18-37)39-23-29-45(30-24-39)55(51-15-8-16-52-53(51)50-34-27-42-12-5-7-14-49(42)54(50)56-52)46-31-25-40(26-32-46)43-28-33-48-44(35-43)22-21-41-11-4-6-13-47(41)48/h1-35H/i1D,2D,3D,9D,10D,17D,18D,19D,20D,23D,24D,25D,26D,29D,30D,31D,32D. The Bertz CT molecular complexity index is 4150. The van der Waals surface area contributed by atoms with Gasteiger partial charge in [-0.2, -0.15) is 0 Å². The Balaban J connectivity index is 1.18. The summed E-state index contributed by atoms with van der Waals surface area (Å²) in [5.41, 5.74) is -2.33. The molecular formula is C54H35NO. The van der Waals surface area contributed by atoms with E-state index < -0.39 is 136 Å². The number of hydrogen-bond acceptors (Lipinski definition) is 2. The van der Waals surface area contributed by atoms with Crippen LogP contribution in [0, 0.1) is 0 Å². The van der Waals surface area contributed by atoms with Crippen molar-refractivity contribution in [2.45, 2.75) is 0 Å². The number of hydrogen-bond donors (Lipinski definition) is 0. The molecule has 262 valence electrons. The molecule has 0 N–H and O–H groups in total. The van der Waals surface area contributed by atoms with Crippen LogP contribution in [0.15, 0.2) is 216 Å². The lowest BCUT2D eigenvalue weighted by Crippen LogP contribution is -2.10. The zero-order chi connectivity index (χ0) is 51.8. The molecule has 11 aromatic rings. The Morgan fingerprint density at radius 2 is 0.893 bits per heavy atom. The highest BCUT2D eigenvalue weighted by Crippen LogP contribution is 2.45. The van der Waals surface area contributed by atoms with Crippen molar-refractivity contribution < 1.29 is 27.7 Å². The van der Waals surface area contributed by atoms with Gasteiger partial charge in [0.2, 0.25) is 0 Å². The summed E-state index contributed by atoms with van der Waals surface area (Å²) in [6.45, 7) is 0. The van der Waals surface area contributed by atoms with Crippen molar-refractivity contribution >= 4 is 71.3 Å². The fourth-order valence-corrected chi connectivity index (χ4v) is 7.28. The van der Waals surface area contributed by atoms with Crippen molar-refractivity contribution in [1.82, 2.24) is 0 Å². The third kappa shape index (κ3) is 5.42. The molecule has 2 heteroatoms. The third-order valence-corrected chi connectivity index (χ3v) is 9.94. The molecule has 56 heavy (non-hydrogen) atoms. The average molecular weight is 731 g/mol. The summed E-state index contributed by atoms with van der Waals surface area (Å²) in [6.07, 6.45) is 0. The molecule has 0 unspecified atom stereocenters. The van der Waals surface area contributed by atoms with Crippen LogP contribution in [-0.2, 0) is 0 Å². The minimum Gasteiger partial charge on any atom is -0.455 e. The van der Waals surface area contributed by atoms with Crippen LogP contribution in [0.3, 0.4) is 0 Å². The Morgan fingerprint density at radius 1 is 0.375 bits per heavy atom. The molecule has 0 aliphatic rings. The van der Waals surface area contributed by atoms with Crippen LogP contribution >= 0.6 is 0 Å². The van der Waals surface area contributed by atoms with E-state index in [0.717, 1.165) is 37.2 Å². The van der Waals surface area contributed by atoms with Crippen LogP contribution in [0.5, 0.6) is 0 Å². The molecule has 0 aliphatic carbocycles. The van der Waals surface area contributed by atoms with Gasteiger partial charge < -0.3 is 9.32 Å². The number of furan rings is 1. The highest BCUT2D eigenvalue weighted by molar-refractivity contribution is 6.19. The van der Waals surface area contributed by atoms with Gasteiger partial charge in [0.1, 0.15) is 11.2 Å². The Morgan fingerprint density at radius 3 is 1.59 bits per heavy atom. The highest BCUT2D eigenvalue weighted by atomic mass is 16.3. The van der Waals surface area contributed by atoms with E-state index in [-0.39, 0.29) is 11.3 Å². The molecule has 1 heterocycles. The van der Waals surface area contributed by atoms with Gasteiger partial charge in [-0.25, -0.2) is 0 Å². The second-order valence-electron chi connectivity index (χ2n) is 13.2. The molecule has 0 spiro atoms. The van der Waals surface area contributed by atoms with Gasteiger partial charge in [0.05, 0.1) is 34.4 Å². The lowest BCUT2D eigenvalue weighted by atomic mass is 9.97. The largest absolute Gasteiger partial charge is 0.455 e. The summed E-state index contributed by atoms with van der Waals surface area (Å²) in [7, 11) is 0. The van der Waals surface area contributed by atoms with Crippen LogP contribution in [0.25, 0.3) is 87.6 Å². The van der Waals surface area contributed by atoms with Crippen LogP contribution in [0.2, 0.25) is 0 Å². The van der Waals surface area contributed by atoms with Crippen LogP contribution < -0.4 is 4.90 Å². The van der Waals surface area contributed by atoms with E-state index in [2.05, 4.69) is 0 Å². The Labute approximate surface area is 349 Å². The predicted molar refractivity (Wildman–Crippen MR) is 237 cm³/mol. The van der Waals surface area contributed by atoms with Crippen LogP contribution in [-0.4, -0.2) is 0 Å². The maximum Gasteiger partial charge on any atom is 0.143 e. The molecule has 1 aromatic heterocycles. The van der Waals surface area contributed by atoms with Gasteiger partial charge in [-0.3, -0.25) is 0 Å². The van der Waals surface area contributed by atoms with Crippen LogP contribution in [0.1, 0.15) is 23.3 Å². The van der Waals surface area contributed by atoms with Crippen molar-refractivity contribution in [2.75, 3.05) is 4.90 Å². The van der Waals surface area contributed by atoms with Gasteiger partial charge in [0.15, 0.2) is 0 Å². The van der Waals surface area contributed by atoms with Crippen molar-refractivity contribution in [3.8, 4) is 33.4 Å². The SMILES string of the molecule is [2H]c1c([2H])c([2H])c(-c2c([2H])c([2H])c(-c3c([2H])c([2H])c(N(c4c([2H])c([2H])c(-c5ccc6c(ccc7ccccc76)c5)c([2H])c4[2H])c4cccc5oc6c7ccccc7ccc6c45)c([2H])c3[2H])c([2H])c2[2H])c([2H])c1[2H]. The molecule has 0 amide bonds. The first kappa shape index (κ1) is 19.3. The molecule has 0 bridgehead atoms. The first-order valence-electron chi connectivity index (χ1n) is 26.3. The number of fused-ring (bicyclic) bond motifs is 8. The first-order chi connectivity index (χ1) is 34.8. The predicted octanol–water partition coefficient (Wildman–Crippen LogP) is 15.5. The molecule has 0 aliphatic heterocycles. The first-order valence-corrected chi connectivity index (χ1v) is 17.8. The maximum absolute atomic E-state index is 9.73. The van der Waals surface area contributed by atoms with Gasteiger partial charge in [0, 0.05) is 22.1 Å². The van der Waals surface area contributed by atoms with E-state index in [1.807, 2.05) is 72.8 Å². The van der Waals surface area contributed by atoms with Crippen molar-refractivity contribution in [2.24, 2.45) is 0 Å². The van der Waals surface area contributed by atoms with Gasteiger partial charge in [0.25, 0.3) is 0 Å². The van der Waals surface area contributed by atoms with E-state index in [4.69, 9.17) is 16.8 Å². The second kappa shape index (κ2) is 13.2. The average Bonchev–Trinajstić information content (AvgIpc) is 3.79. The minimum absolute atomic E-state index is 0.0301. The lowest BCUT2D eigenvalue weighted by molar-refractivity contribution is 0.672. The quantitative estimate of drug-likeness (QED) is 0.158. The second-order valence-corrected chi connectivity index (χ2v) is 13.2. The maximum atomic E-state index is 9.73. The summed E-state index contributed by atoms with van der Waals surface area (Å²) >= 11 is 0. The van der Waals surface area contributed by atoms with Gasteiger partial charge >= 0.3 is 0 Å². The zero-order valence-electron chi connectivity index (χ0n) is 46.2. The van der Waals surface area contributed by atoms with E-state index in [1.165, 1.54) is 0 Å². The summed E-state index contributed by atoms with van der Waals surface area (Å²) in [5, 5.41) is 6.22. The normalized spacial score (nSPS) is 15.8. The molecule has 0 atom stereocenters. The summed E-state index contributed by atoms with van der Waals surface area (Å²) in [6, 6.07) is 20.3. The summed E-state index contributed by atoms with van der Waals surface area (Å²) in [5.74, 6) is 0. The number of anilines is 3. The Kier molecular flexibility index (Phi) is 4.52. The van der Waals surface area contributed by atoms with Crippen molar-refractivity contribution in [3.05, 3.63) is 212 Å².